The largest absolute Gasteiger partial charge is 0.491 e. The molecule has 0 saturated carbocycles. The second-order valence-corrected chi connectivity index (χ2v) is 3.38. The highest BCUT2D eigenvalue weighted by Crippen LogP contribution is 2.22. The summed E-state index contributed by atoms with van der Waals surface area (Å²) in [4.78, 5) is 10.3. The van der Waals surface area contributed by atoms with Crippen molar-refractivity contribution in [3.8, 4) is 5.75 Å². The van der Waals surface area contributed by atoms with Gasteiger partial charge in [0, 0.05) is 6.07 Å². The second-order valence-electron chi connectivity index (χ2n) is 3.38. The number of carbonyl (C=O) groups is 1. The molecule has 0 aromatic heterocycles. The molecule has 3 heteroatoms. The van der Waals surface area contributed by atoms with Crippen molar-refractivity contribution in [2.24, 2.45) is 5.92 Å². The normalized spacial score (nSPS) is 9.93. The molecule has 1 aromatic rings. The van der Waals surface area contributed by atoms with Crippen LogP contribution in [0.4, 0.5) is 5.69 Å². The van der Waals surface area contributed by atoms with Gasteiger partial charge < -0.3 is 10.1 Å². The second kappa shape index (κ2) is 5.27. The van der Waals surface area contributed by atoms with Gasteiger partial charge in [0.1, 0.15) is 5.75 Å². The van der Waals surface area contributed by atoms with E-state index in [1.165, 1.54) is 0 Å². The van der Waals surface area contributed by atoms with E-state index in [4.69, 9.17) is 4.74 Å². The van der Waals surface area contributed by atoms with E-state index in [0.29, 0.717) is 30.4 Å². The van der Waals surface area contributed by atoms with Crippen molar-refractivity contribution >= 4 is 12.1 Å². The molecular weight excluding hydrogens is 178 g/mol. The van der Waals surface area contributed by atoms with Crippen molar-refractivity contribution in [1.29, 1.82) is 0 Å². The molecule has 0 unspecified atom stereocenters. The van der Waals surface area contributed by atoms with E-state index >= 15 is 0 Å². The zero-order valence-corrected chi connectivity index (χ0v) is 8.41. The van der Waals surface area contributed by atoms with Gasteiger partial charge in [-0.05, 0) is 12.0 Å². The lowest BCUT2D eigenvalue weighted by atomic mass is 10.2. The third-order valence-electron chi connectivity index (χ3n) is 1.59. The average Bonchev–Trinajstić information content (AvgIpc) is 2.17. The Hall–Kier alpha value is -1.51. The molecule has 1 aromatic carbocycles. The number of para-hydroxylation sites is 1. The Kier molecular flexibility index (Phi) is 3.98. The van der Waals surface area contributed by atoms with Crippen LogP contribution in [0.2, 0.25) is 0 Å². The first kappa shape index (κ1) is 10.6. The number of ether oxygens (including phenoxy) is 1. The van der Waals surface area contributed by atoms with Gasteiger partial charge in [0.2, 0.25) is 6.41 Å². The van der Waals surface area contributed by atoms with E-state index < -0.39 is 0 Å². The van der Waals surface area contributed by atoms with Crippen molar-refractivity contribution in [2.75, 3.05) is 11.9 Å². The van der Waals surface area contributed by atoms with E-state index in [1.807, 2.05) is 12.1 Å². The maximum atomic E-state index is 10.3. The van der Waals surface area contributed by atoms with Crippen molar-refractivity contribution in [3.05, 3.63) is 24.3 Å². The molecule has 0 atom stereocenters. The molecule has 0 bridgehead atoms. The van der Waals surface area contributed by atoms with Crippen LogP contribution < -0.4 is 10.1 Å². The first-order chi connectivity index (χ1) is 6.74. The van der Waals surface area contributed by atoms with Gasteiger partial charge >= 0.3 is 0 Å². The predicted octanol–water partition coefficient (Wildman–Crippen LogP) is 2.09. The first-order valence-electron chi connectivity index (χ1n) is 4.57. The maximum Gasteiger partial charge on any atom is 0.211 e. The van der Waals surface area contributed by atoms with Gasteiger partial charge in [-0.15, -0.1) is 0 Å². The van der Waals surface area contributed by atoms with Gasteiger partial charge in [-0.25, -0.2) is 0 Å². The smallest absolute Gasteiger partial charge is 0.211 e. The van der Waals surface area contributed by atoms with Crippen LogP contribution in [0, 0.1) is 12.0 Å². The fraction of sp³-hybridized carbons (Fsp3) is 0.364. The third-order valence-corrected chi connectivity index (χ3v) is 1.59. The van der Waals surface area contributed by atoms with Crippen LogP contribution in [-0.2, 0) is 4.79 Å². The summed E-state index contributed by atoms with van der Waals surface area (Å²) in [5.41, 5.74) is 0.586. The van der Waals surface area contributed by atoms with Crippen LogP contribution in [0.15, 0.2) is 18.2 Å². The summed E-state index contributed by atoms with van der Waals surface area (Å²) >= 11 is 0. The fourth-order valence-corrected chi connectivity index (χ4v) is 0.970. The average molecular weight is 192 g/mol. The van der Waals surface area contributed by atoms with Gasteiger partial charge in [-0.1, -0.05) is 26.0 Å². The van der Waals surface area contributed by atoms with E-state index in [2.05, 4.69) is 25.2 Å². The van der Waals surface area contributed by atoms with Gasteiger partial charge in [0.25, 0.3) is 0 Å². The summed E-state index contributed by atoms with van der Waals surface area (Å²) in [7, 11) is 0. The minimum atomic E-state index is 0.458. The summed E-state index contributed by atoms with van der Waals surface area (Å²) in [5, 5.41) is 2.54. The zero-order valence-electron chi connectivity index (χ0n) is 8.41. The predicted molar refractivity (Wildman–Crippen MR) is 55.3 cm³/mol. The van der Waals surface area contributed by atoms with Crippen LogP contribution in [0.1, 0.15) is 13.8 Å². The number of carbonyl (C=O) groups excluding carboxylic acids is 1. The van der Waals surface area contributed by atoms with Crippen molar-refractivity contribution in [1.82, 2.24) is 0 Å². The zero-order chi connectivity index (χ0) is 10.4. The minimum absolute atomic E-state index is 0.458. The Morgan fingerprint density at radius 1 is 1.64 bits per heavy atom. The molecule has 14 heavy (non-hydrogen) atoms. The quantitative estimate of drug-likeness (QED) is 0.725. The van der Waals surface area contributed by atoms with Crippen LogP contribution in [0.3, 0.4) is 0 Å². The minimum Gasteiger partial charge on any atom is -0.491 e. The molecule has 75 valence electrons. The Bertz CT molecular complexity index is 297. The van der Waals surface area contributed by atoms with Crippen molar-refractivity contribution in [2.45, 2.75) is 13.8 Å². The Balaban J connectivity index is 2.68. The number of amides is 1. The van der Waals surface area contributed by atoms with E-state index in [0.717, 1.165) is 0 Å². The Morgan fingerprint density at radius 2 is 2.43 bits per heavy atom. The number of hydrogen-bond acceptors (Lipinski definition) is 2. The standard InChI is InChI=1S/C11H14NO2/c1-9(2)7-14-11-6-4-3-5-10(11)12-8-13/h3-4,6,8-9H,7H2,1-2H3,(H,12,13). The topological polar surface area (TPSA) is 38.3 Å². The SMILES string of the molecule is CC(C)COc1ccc[c]c1NC=O. The van der Waals surface area contributed by atoms with Crippen molar-refractivity contribution in [3.63, 3.8) is 0 Å². The highest BCUT2D eigenvalue weighted by molar-refractivity contribution is 5.74. The molecule has 1 N–H and O–H groups in total. The van der Waals surface area contributed by atoms with E-state index in [9.17, 15) is 4.79 Å². The van der Waals surface area contributed by atoms with Gasteiger partial charge in [-0.3, -0.25) is 4.79 Å². The number of rotatable bonds is 5. The molecule has 0 fully saturated rings. The third kappa shape index (κ3) is 3.09. The lowest BCUT2D eigenvalue weighted by Gasteiger charge is -2.11. The maximum absolute atomic E-state index is 10.3. The number of nitrogens with one attached hydrogen (secondary N) is 1. The van der Waals surface area contributed by atoms with Crippen LogP contribution in [0.25, 0.3) is 0 Å². The molecule has 3 nitrogen and oxygen atoms in total. The molecule has 0 aliphatic carbocycles. The highest BCUT2D eigenvalue weighted by Gasteiger charge is 2.02. The van der Waals surface area contributed by atoms with Crippen LogP contribution >= 0.6 is 0 Å². The summed E-state index contributed by atoms with van der Waals surface area (Å²) in [6.45, 7) is 4.77. The summed E-state index contributed by atoms with van der Waals surface area (Å²) in [6.07, 6.45) is 0.619. The van der Waals surface area contributed by atoms with Crippen molar-refractivity contribution < 1.29 is 9.53 Å². The van der Waals surface area contributed by atoms with Gasteiger partial charge in [0.15, 0.2) is 0 Å². The van der Waals surface area contributed by atoms with E-state index in [-0.39, 0.29) is 0 Å². The molecule has 0 aliphatic rings. The molecule has 0 saturated heterocycles. The molecule has 0 heterocycles. The fourth-order valence-electron chi connectivity index (χ4n) is 0.970. The highest BCUT2D eigenvalue weighted by atomic mass is 16.5. The number of hydrogen-bond donors (Lipinski definition) is 1. The molecular formula is C11H14NO2. The summed E-state index contributed by atoms with van der Waals surface area (Å²) < 4.78 is 5.50. The lowest BCUT2D eigenvalue weighted by molar-refractivity contribution is -0.105. The first-order valence-corrected chi connectivity index (χ1v) is 4.57. The monoisotopic (exact) mass is 192 g/mol. The number of benzene rings is 1. The molecule has 1 rings (SSSR count). The van der Waals surface area contributed by atoms with Gasteiger partial charge in [0.05, 0.1) is 12.3 Å². The lowest BCUT2D eigenvalue weighted by Crippen LogP contribution is -2.06. The molecule has 1 amide bonds. The van der Waals surface area contributed by atoms with Gasteiger partial charge in [-0.2, -0.15) is 0 Å². The Labute approximate surface area is 84.1 Å². The van der Waals surface area contributed by atoms with Crippen LogP contribution in [0.5, 0.6) is 5.75 Å². The summed E-state index contributed by atoms with van der Waals surface area (Å²) in [6, 6.07) is 8.26. The summed E-state index contributed by atoms with van der Waals surface area (Å²) in [5.74, 6) is 1.12. The molecule has 0 spiro atoms. The molecule has 1 radical (unpaired) electrons. The van der Waals surface area contributed by atoms with Crippen LogP contribution in [-0.4, -0.2) is 13.0 Å². The Morgan fingerprint density at radius 3 is 3.07 bits per heavy atom. The molecule has 0 aliphatic heterocycles. The van der Waals surface area contributed by atoms with E-state index in [1.54, 1.807) is 6.07 Å². The number of anilines is 1.